The van der Waals surface area contributed by atoms with Crippen molar-refractivity contribution in [3.63, 3.8) is 0 Å². The highest BCUT2D eigenvalue weighted by atomic mass is 79.9. The van der Waals surface area contributed by atoms with Gasteiger partial charge in [-0.05, 0) is 61.4 Å². The normalized spacial score (nSPS) is 16.5. The topological polar surface area (TPSA) is 0 Å². The minimum absolute atomic E-state index is 0.0984. The molecule has 1 aromatic carbocycles. The number of thiophene rings is 1. The Morgan fingerprint density at radius 2 is 2.00 bits per heavy atom. The highest BCUT2D eigenvalue weighted by molar-refractivity contribution is 9.10. The maximum absolute atomic E-state index is 6.65. The highest BCUT2D eigenvalue weighted by Gasteiger charge is 2.17. The molecule has 1 aromatic heterocycles. The fourth-order valence-electron chi connectivity index (χ4n) is 2.82. The van der Waals surface area contributed by atoms with Crippen LogP contribution in [0.4, 0.5) is 0 Å². The Balaban J connectivity index is 1.75. The van der Waals surface area contributed by atoms with Crippen LogP contribution < -0.4 is 0 Å². The zero-order valence-electron chi connectivity index (χ0n) is 11.4. The Labute approximate surface area is 138 Å². The molecule has 1 aliphatic carbocycles. The first kappa shape index (κ1) is 14.6. The van der Waals surface area contributed by atoms with Gasteiger partial charge in [0.25, 0.3) is 0 Å². The molecule has 2 aromatic rings. The minimum Gasteiger partial charge on any atom is -0.144 e. The molecule has 0 nitrogen and oxygen atoms in total. The van der Waals surface area contributed by atoms with Crippen LogP contribution in [0.2, 0.25) is 0 Å². The summed E-state index contributed by atoms with van der Waals surface area (Å²) in [7, 11) is 0. The first-order chi connectivity index (χ1) is 9.72. The van der Waals surface area contributed by atoms with Gasteiger partial charge in [-0.3, -0.25) is 0 Å². The lowest BCUT2D eigenvalue weighted by atomic mass is 10.1. The summed E-state index contributed by atoms with van der Waals surface area (Å²) < 4.78 is 1.13. The predicted octanol–water partition coefficient (Wildman–Crippen LogP) is 6.30. The van der Waals surface area contributed by atoms with E-state index in [-0.39, 0.29) is 5.38 Å². The summed E-state index contributed by atoms with van der Waals surface area (Å²) in [6.45, 7) is 0. The maximum atomic E-state index is 6.65. The Morgan fingerprint density at radius 1 is 1.15 bits per heavy atom. The summed E-state index contributed by atoms with van der Waals surface area (Å²) in [6.07, 6.45) is 7.44. The number of benzene rings is 1. The molecule has 0 aliphatic heterocycles. The van der Waals surface area contributed by atoms with Gasteiger partial charge in [-0.1, -0.05) is 34.5 Å². The molecule has 0 saturated carbocycles. The fraction of sp³-hybridized carbons (Fsp3) is 0.412. The molecular weight excluding hydrogens is 352 g/mol. The Hall–Kier alpha value is -0.310. The zero-order chi connectivity index (χ0) is 13.9. The van der Waals surface area contributed by atoms with Crippen molar-refractivity contribution < 1.29 is 0 Å². The van der Waals surface area contributed by atoms with Crippen molar-refractivity contribution in [3.8, 4) is 0 Å². The van der Waals surface area contributed by atoms with Crippen LogP contribution in [0.25, 0.3) is 0 Å². The monoisotopic (exact) mass is 368 g/mol. The first-order valence-electron chi connectivity index (χ1n) is 7.22. The summed E-state index contributed by atoms with van der Waals surface area (Å²) in [5, 5.41) is 0.0984. The van der Waals surface area contributed by atoms with Crippen molar-refractivity contribution in [1.29, 1.82) is 0 Å². The number of aryl methyl sites for hydroxylation is 2. The van der Waals surface area contributed by atoms with E-state index < -0.39 is 0 Å². The smallest absolute Gasteiger partial charge is 0.0719 e. The minimum atomic E-state index is 0.0984. The molecule has 1 aliphatic rings. The SMILES string of the molecule is ClC(Cc1cccc(Br)c1)c1cc2c(s1)CCCCC2. The number of halogens is 2. The van der Waals surface area contributed by atoms with Crippen LogP contribution in [0.15, 0.2) is 34.8 Å². The number of hydrogen-bond acceptors (Lipinski definition) is 1. The molecule has 106 valence electrons. The average Bonchev–Trinajstić information content (AvgIpc) is 2.70. The van der Waals surface area contributed by atoms with Crippen LogP contribution in [-0.2, 0) is 19.3 Å². The van der Waals surface area contributed by atoms with Gasteiger partial charge >= 0.3 is 0 Å². The van der Waals surface area contributed by atoms with E-state index in [2.05, 4.69) is 46.3 Å². The van der Waals surface area contributed by atoms with Gasteiger partial charge < -0.3 is 0 Å². The highest BCUT2D eigenvalue weighted by Crippen LogP contribution is 2.36. The van der Waals surface area contributed by atoms with E-state index in [1.54, 1.807) is 10.4 Å². The summed E-state index contributed by atoms with van der Waals surface area (Å²) in [4.78, 5) is 2.93. The Bertz CT molecular complexity index is 567. The van der Waals surface area contributed by atoms with Gasteiger partial charge in [0.05, 0.1) is 5.38 Å². The Kier molecular flexibility index (Phi) is 4.85. The molecule has 3 rings (SSSR count). The van der Waals surface area contributed by atoms with Crippen molar-refractivity contribution in [1.82, 2.24) is 0 Å². The number of hydrogen-bond donors (Lipinski definition) is 0. The van der Waals surface area contributed by atoms with Crippen LogP contribution in [0.1, 0.15) is 45.5 Å². The molecule has 0 fully saturated rings. The summed E-state index contributed by atoms with van der Waals surface area (Å²) >= 11 is 12.1. The molecule has 1 atom stereocenters. The lowest BCUT2D eigenvalue weighted by molar-refractivity contribution is 0.712. The molecule has 0 N–H and O–H groups in total. The third-order valence-electron chi connectivity index (χ3n) is 3.88. The van der Waals surface area contributed by atoms with Crippen LogP contribution in [0.3, 0.4) is 0 Å². The maximum Gasteiger partial charge on any atom is 0.0719 e. The van der Waals surface area contributed by atoms with E-state index in [0.717, 1.165) is 10.9 Å². The lowest BCUT2D eigenvalue weighted by Crippen LogP contribution is -1.93. The van der Waals surface area contributed by atoms with Crippen molar-refractivity contribution >= 4 is 38.9 Å². The van der Waals surface area contributed by atoms with Crippen LogP contribution >= 0.6 is 38.9 Å². The van der Waals surface area contributed by atoms with E-state index in [1.807, 2.05) is 11.3 Å². The summed E-state index contributed by atoms with van der Waals surface area (Å²) in [6, 6.07) is 10.8. The average molecular weight is 370 g/mol. The first-order valence-corrected chi connectivity index (χ1v) is 9.27. The fourth-order valence-corrected chi connectivity index (χ4v) is 4.87. The molecule has 20 heavy (non-hydrogen) atoms. The molecule has 0 bridgehead atoms. The molecule has 1 unspecified atom stereocenters. The van der Waals surface area contributed by atoms with E-state index >= 15 is 0 Å². The molecule has 3 heteroatoms. The van der Waals surface area contributed by atoms with Crippen LogP contribution in [-0.4, -0.2) is 0 Å². The number of fused-ring (bicyclic) bond motifs is 1. The van der Waals surface area contributed by atoms with Gasteiger partial charge in [0.2, 0.25) is 0 Å². The van der Waals surface area contributed by atoms with Gasteiger partial charge in [0.1, 0.15) is 0 Å². The van der Waals surface area contributed by atoms with E-state index in [0.29, 0.717) is 0 Å². The van der Waals surface area contributed by atoms with E-state index in [4.69, 9.17) is 11.6 Å². The molecule has 0 amide bonds. The van der Waals surface area contributed by atoms with E-state index in [1.165, 1.54) is 42.5 Å². The summed E-state index contributed by atoms with van der Waals surface area (Å²) in [5.41, 5.74) is 2.85. The third-order valence-corrected chi connectivity index (χ3v) is 6.24. The second-order valence-electron chi connectivity index (χ2n) is 5.46. The number of alkyl halides is 1. The second-order valence-corrected chi connectivity index (χ2v) is 8.07. The molecular formula is C17H18BrClS. The largest absolute Gasteiger partial charge is 0.144 e. The van der Waals surface area contributed by atoms with Crippen LogP contribution in [0, 0.1) is 0 Å². The Morgan fingerprint density at radius 3 is 2.85 bits per heavy atom. The van der Waals surface area contributed by atoms with Crippen molar-refractivity contribution in [2.24, 2.45) is 0 Å². The van der Waals surface area contributed by atoms with Crippen molar-refractivity contribution in [2.75, 3.05) is 0 Å². The van der Waals surface area contributed by atoms with Gasteiger partial charge in [0, 0.05) is 14.2 Å². The van der Waals surface area contributed by atoms with Gasteiger partial charge in [-0.2, -0.15) is 0 Å². The number of rotatable bonds is 3. The zero-order valence-corrected chi connectivity index (χ0v) is 14.5. The standard InChI is InChI=1S/C17H18BrClS/c18-14-7-4-5-12(9-14)10-15(19)17-11-13-6-2-1-3-8-16(13)20-17/h4-5,7,9,11,15H,1-3,6,8,10H2. The van der Waals surface area contributed by atoms with E-state index in [9.17, 15) is 0 Å². The van der Waals surface area contributed by atoms with Gasteiger partial charge in [-0.25, -0.2) is 0 Å². The lowest BCUT2D eigenvalue weighted by Gasteiger charge is -2.08. The molecule has 1 heterocycles. The molecule has 0 radical (unpaired) electrons. The molecule has 0 saturated heterocycles. The van der Waals surface area contributed by atoms with Crippen molar-refractivity contribution in [3.05, 3.63) is 55.7 Å². The summed E-state index contributed by atoms with van der Waals surface area (Å²) in [5.74, 6) is 0. The third kappa shape index (κ3) is 3.47. The van der Waals surface area contributed by atoms with Crippen molar-refractivity contribution in [2.45, 2.75) is 43.9 Å². The predicted molar refractivity (Wildman–Crippen MR) is 92.0 cm³/mol. The van der Waals surface area contributed by atoms with Gasteiger partial charge in [-0.15, -0.1) is 22.9 Å². The molecule has 0 spiro atoms. The van der Waals surface area contributed by atoms with Crippen LogP contribution in [0.5, 0.6) is 0 Å². The van der Waals surface area contributed by atoms with Gasteiger partial charge in [0.15, 0.2) is 0 Å². The second kappa shape index (κ2) is 6.64. The quantitative estimate of drug-likeness (QED) is 0.440.